The number of hydrogen-bond acceptors (Lipinski definition) is 15. The maximum Gasteiger partial charge on any atom is 0.353 e. The van der Waals surface area contributed by atoms with Gasteiger partial charge in [0.25, 0.3) is 0 Å². The summed E-state index contributed by atoms with van der Waals surface area (Å²) in [5.41, 5.74) is 7.65. The molecule has 4 heterocycles. The molecule has 0 unspecified atom stereocenters. The van der Waals surface area contributed by atoms with Gasteiger partial charge in [0, 0.05) is 91.2 Å². The molecule has 4 atom stereocenters. The molecule has 1 saturated carbocycles. The minimum absolute atomic E-state index is 0.00700. The van der Waals surface area contributed by atoms with Gasteiger partial charge in [0.2, 0.25) is 29.5 Å². The number of aldehydes is 1. The van der Waals surface area contributed by atoms with Crippen LogP contribution in [0.3, 0.4) is 0 Å². The monoisotopic (exact) mass is 978 g/mol. The largest absolute Gasteiger partial charge is 0.550 e. The SMILES string of the molecule is CC(C)C.CNC(=O)C1CCC(CNC(=O)N/N=C/[C@H](CC(=O)[O-])NC(=O)[C@@H]2CCCN3C(=O)CCN(NC)C(=O)N23)CC1.CNN1CCC(=O)N2CCC[C@@H](C(=O)N[C@H](C=O)CC(=O)O)N2C1=O. The molecular formula is C42H69N14O13-. The minimum atomic E-state index is -1.46. The van der Waals surface area contributed by atoms with Crippen LogP contribution < -0.4 is 42.7 Å². The fraction of sp³-hybridized carbons (Fsp3) is 0.714. The molecule has 0 bridgehead atoms. The van der Waals surface area contributed by atoms with Crippen molar-refractivity contribution in [2.45, 2.75) is 122 Å². The van der Waals surface area contributed by atoms with E-state index in [4.69, 9.17) is 5.11 Å². The highest BCUT2D eigenvalue weighted by Crippen LogP contribution is 2.29. The lowest BCUT2D eigenvalue weighted by Gasteiger charge is -2.43. The number of nitrogens with zero attached hydrogens (tertiary/aromatic N) is 7. The Kier molecular flexibility index (Phi) is 23.0. The third kappa shape index (κ3) is 17.1. The molecule has 0 aromatic heterocycles. The number of urea groups is 3. The molecule has 0 aromatic carbocycles. The second-order valence-corrected chi connectivity index (χ2v) is 17.6. The minimum Gasteiger partial charge on any atom is -0.550 e. The first kappa shape index (κ1) is 56.7. The Morgan fingerprint density at radius 2 is 1.19 bits per heavy atom. The zero-order chi connectivity index (χ0) is 51.4. The summed E-state index contributed by atoms with van der Waals surface area (Å²) in [6, 6.07) is -6.10. The highest BCUT2D eigenvalue weighted by atomic mass is 16.4. The number of hydrazine groups is 4. The third-order valence-electron chi connectivity index (χ3n) is 11.5. The summed E-state index contributed by atoms with van der Waals surface area (Å²) in [6.07, 6.45) is 5.08. The van der Waals surface area contributed by atoms with E-state index in [9.17, 15) is 57.8 Å². The van der Waals surface area contributed by atoms with Crippen LogP contribution in [-0.2, 0) is 38.4 Å². The summed E-state index contributed by atoms with van der Waals surface area (Å²) in [4.78, 5) is 133. The topological polar surface area (TPSA) is 347 Å². The van der Waals surface area contributed by atoms with Crippen molar-refractivity contribution >= 4 is 72.1 Å². The van der Waals surface area contributed by atoms with E-state index in [0.717, 1.165) is 47.8 Å². The molecule has 386 valence electrons. The molecule has 0 aromatic rings. The number of carboxylic acids is 2. The maximum atomic E-state index is 13.2. The van der Waals surface area contributed by atoms with Gasteiger partial charge in [-0.2, -0.15) is 5.10 Å². The number of rotatable bonds is 16. The quantitative estimate of drug-likeness (QED) is 0.0454. The molecule has 69 heavy (non-hydrogen) atoms. The average Bonchev–Trinajstić information content (AvgIpc) is 3.52. The van der Waals surface area contributed by atoms with Gasteiger partial charge in [-0.1, -0.05) is 20.8 Å². The molecule has 11 amide bonds. The highest BCUT2D eigenvalue weighted by Gasteiger charge is 2.45. The van der Waals surface area contributed by atoms with Crippen LogP contribution >= 0.6 is 0 Å². The van der Waals surface area contributed by atoms with Gasteiger partial charge < -0.3 is 41.1 Å². The molecule has 5 fully saturated rings. The summed E-state index contributed by atoms with van der Waals surface area (Å²) >= 11 is 0. The number of amides is 11. The lowest BCUT2D eigenvalue weighted by molar-refractivity contribution is -0.305. The van der Waals surface area contributed by atoms with Crippen LogP contribution in [-0.4, -0.2) is 185 Å². The Labute approximate surface area is 400 Å². The van der Waals surface area contributed by atoms with Crippen LogP contribution in [0, 0.1) is 17.8 Å². The first-order valence-electron chi connectivity index (χ1n) is 23.2. The van der Waals surface area contributed by atoms with Crippen LogP contribution in [0.2, 0.25) is 0 Å². The van der Waals surface area contributed by atoms with E-state index < -0.39 is 78.9 Å². The van der Waals surface area contributed by atoms with Crippen molar-refractivity contribution in [3.05, 3.63) is 0 Å². The molecule has 5 aliphatic rings. The number of aliphatic carboxylic acids is 2. The van der Waals surface area contributed by atoms with Gasteiger partial charge in [-0.05, 0) is 63.2 Å². The van der Waals surface area contributed by atoms with Crippen LogP contribution in [0.1, 0.15) is 97.8 Å². The van der Waals surface area contributed by atoms with Crippen molar-refractivity contribution < 1.29 is 63.0 Å². The van der Waals surface area contributed by atoms with Crippen LogP contribution in [0.4, 0.5) is 14.4 Å². The lowest BCUT2D eigenvalue weighted by Crippen LogP contribution is -2.64. The van der Waals surface area contributed by atoms with Crippen LogP contribution in [0.5, 0.6) is 0 Å². The summed E-state index contributed by atoms with van der Waals surface area (Å²) in [5, 5.41) is 41.2. The van der Waals surface area contributed by atoms with E-state index in [0.29, 0.717) is 38.6 Å². The third-order valence-corrected chi connectivity index (χ3v) is 11.5. The van der Waals surface area contributed by atoms with Crippen molar-refractivity contribution in [1.29, 1.82) is 0 Å². The highest BCUT2D eigenvalue weighted by molar-refractivity contribution is 5.93. The fourth-order valence-electron chi connectivity index (χ4n) is 8.13. The summed E-state index contributed by atoms with van der Waals surface area (Å²) in [5.74, 6) is -3.52. The van der Waals surface area contributed by atoms with Crippen molar-refractivity contribution in [2.24, 2.45) is 22.9 Å². The van der Waals surface area contributed by atoms with E-state index in [1.54, 1.807) is 7.05 Å². The molecule has 27 heteroatoms. The second-order valence-electron chi connectivity index (χ2n) is 17.6. The van der Waals surface area contributed by atoms with Gasteiger partial charge in [0.15, 0.2) is 0 Å². The van der Waals surface area contributed by atoms with Crippen molar-refractivity contribution in [1.82, 2.24) is 67.6 Å². The van der Waals surface area contributed by atoms with E-state index in [2.05, 4.69) is 63.4 Å². The van der Waals surface area contributed by atoms with Crippen LogP contribution in [0.25, 0.3) is 0 Å². The number of nitrogens with one attached hydrogen (secondary N) is 7. The number of carbonyl (C=O) groups excluding carboxylic acids is 10. The van der Waals surface area contributed by atoms with Crippen LogP contribution in [0.15, 0.2) is 5.10 Å². The summed E-state index contributed by atoms with van der Waals surface area (Å²) < 4.78 is 0. The Morgan fingerprint density at radius 3 is 1.61 bits per heavy atom. The van der Waals surface area contributed by atoms with Gasteiger partial charge >= 0.3 is 24.1 Å². The smallest absolute Gasteiger partial charge is 0.353 e. The van der Waals surface area contributed by atoms with Gasteiger partial charge in [0.1, 0.15) is 18.4 Å². The van der Waals surface area contributed by atoms with E-state index in [-0.39, 0.29) is 68.5 Å². The zero-order valence-corrected chi connectivity index (χ0v) is 40.2. The predicted molar refractivity (Wildman–Crippen MR) is 242 cm³/mol. The van der Waals surface area contributed by atoms with Gasteiger partial charge in [-0.15, -0.1) is 0 Å². The summed E-state index contributed by atoms with van der Waals surface area (Å²) in [6.45, 7) is 7.81. The maximum absolute atomic E-state index is 13.2. The van der Waals surface area contributed by atoms with Gasteiger partial charge in [-0.25, -0.2) is 50.7 Å². The number of hydrogen-bond donors (Lipinski definition) is 8. The molecule has 1 aliphatic carbocycles. The van der Waals surface area contributed by atoms with E-state index in [1.165, 1.54) is 34.1 Å². The first-order chi connectivity index (χ1) is 32.8. The summed E-state index contributed by atoms with van der Waals surface area (Å²) in [7, 11) is 4.68. The molecule has 0 spiro atoms. The molecule has 8 N–H and O–H groups in total. The number of carbonyl (C=O) groups is 11. The Balaban J connectivity index is 0.000000370. The molecule has 4 saturated heterocycles. The Morgan fingerprint density at radius 1 is 0.710 bits per heavy atom. The van der Waals surface area contributed by atoms with Crippen molar-refractivity contribution in [3.63, 3.8) is 0 Å². The molecule has 4 aliphatic heterocycles. The Hall–Kier alpha value is -6.64. The Bertz CT molecular complexity index is 1880. The first-order valence-corrected chi connectivity index (χ1v) is 23.2. The molecular weight excluding hydrogens is 909 g/mol. The fourth-order valence-corrected chi connectivity index (χ4v) is 8.13. The molecule has 27 nitrogen and oxygen atoms in total. The van der Waals surface area contributed by atoms with Crippen molar-refractivity contribution in [3.8, 4) is 0 Å². The standard InChI is InChI=1S/C24H39N9O7.C14H21N5O6.C4H10/c1-25-21(37)16-7-5-15(6-8-16)13-27-23(39)30-28-14-17(12-20(35)36)29-22(38)18-4-3-10-32-19(34)9-11-31(26-2)24(40)33(18)32;1-15-17-6-4-11(21)18-5-2-3-10(19(18)14(17)25)13(24)16-9(8-20)7-12(22)23;1-4(2)3/h14-18,26H,3-13H2,1-2H3,(H,25,37)(H,29,38)(H,35,36)(H2,27,30,39);8-10,15H,2-7H2,1H3,(H,16,24)(H,22,23);4H,1-3H3/p-1/b28-14+;;/t15?,16?,17-,18-;9-,10-;/m00./s1. The lowest BCUT2D eigenvalue weighted by atomic mass is 9.81. The van der Waals surface area contributed by atoms with Gasteiger partial charge in [-0.3, -0.25) is 38.8 Å². The number of fused-ring (bicyclic) bond motifs is 2. The predicted octanol–water partition coefficient (Wildman–Crippen LogP) is -2.41. The molecule has 0 radical (unpaired) electrons. The van der Waals surface area contributed by atoms with E-state index in [1.807, 2.05) is 0 Å². The van der Waals surface area contributed by atoms with Gasteiger partial charge in [0.05, 0.1) is 18.5 Å². The number of hydrazone groups is 1. The molecule has 5 rings (SSSR count). The van der Waals surface area contributed by atoms with E-state index >= 15 is 0 Å². The normalized spacial score (nSPS) is 22.5. The zero-order valence-electron chi connectivity index (χ0n) is 40.2. The number of carboxylic acid groups (broad SMARTS) is 2. The average molecular weight is 978 g/mol. The second kappa shape index (κ2) is 28.0. The van der Waals surface area contributed by atoms with Crippen molar-refractivity contribution in [2.75, 3.05) is 53.9 Å².